The van der Waals surface area contributed by atoms with E-state index in [2.05, 4.69) is 41.1 Å². The molecule has 114 valence electrons. The fourth-order valence-corrected chi connectivity index (χ4v) is 2.20. The maximum atomic E-state index is 5.71. The van der Waals surface area contributed by atoms with Crippen LogP contribution in [0.4, 0.5) is 0 Å². The van der Waals surface area contributed by atoms with Crippen LogP contribution >= 0.6 is 0 Å². The van der Waals surface area contributed by atoms with Crippen LogP contribution in [-0.4, -0.2) is 47.3 Å². The smallest absolute Gasteiger partial charge is 0.240 e. The maximum Gasteiger partial charge on any atom is 0.240 e. The van der Waals surface area contributed by atoms with E-state index in [-0.39, 0.29) is 6.10 Å². The van der Waals surface area contributed by atoms with Gasteiger partial charge in [0.05, 0.1) is 6.54 Å². The molecule has 6 heteroatoms. The quantitative estimate of drug-likeness (QED) is 0.855. The first-order valence-corrected chi connectivity index (χ1v) is 7.45. The largest absolute Gasteiger partial charge is 0.370 e. The Labute approximate surface area is 120 Å². The predicted molar refractivity (Wildman–Crippen MR) is 76.2 cm³/mol. The molecule has 2 heterocycles. The minimum atomic E-state index is -0.115. The van der Waals surface area contributed by atoms with Gasteiger partial charge in [0.25, 0.3) is 0 Å². The Morgan fingerprint density at radius 3 is 2.95 bits per heavy atom. The third-order valence-electron chi connectivity index (χ3n) is 3.50. The Morgan fingerprint density at radius 1 is 1.45 bits per heavy atom. The Bertz CT molecular complexity index is 408. The third-order valence-corrected chi connectivity index (χ3v) is 3.50. The van der Waals surface area contributed by atoms with Crippen LogP contribution in [-0.2, 0) is 11.3 Å². The van der Waals surface area contributed by atoms with Crippen LogP contribution in [0.15, 0.2) is 4.52 Å². The fraction of sp³-hybridized carbons (Fsp3) is 0.857. The average Bonchev–Trinajstić information content (AvgIpc) is 2.87. The number of hydrogen-bond donors (Lipinski definition) is 1. The number of piperazine rings is 1. The second-order valence-corrected chi connectivity index (χ2v) is 5.94. The van der Waals surface area contributed by atoms with Crippen molar-refractivity contribution >= 4 is 0 Å². The molecule has 0 aliphatic carbocycles. The van der Waals surface area contributed by atoms with Gasteiger partial charge in [0.15, 0.2) is 5.82 Å². The Hall–Kier alpha value is -0.980. The molecule has 0 spiro atoms. The van der Waals surface area contributed by atoms with Crippen molar-refractivity contribution < 1.29 is 9.26 Å². The molecular formula is C14H26N4O2. The topological polar surface area (TPSA) is 63.4 Å². The van der Waals surface area contributed by atoms with Crippen molar-refractivity contribution in [3.05, 3.63) is 11.7 Å². The highest BCUT2D eigenvalue weighted by Crippen LogP contribution is 2.16. The van der Waals surface area contributed by atoms with E-state index in [4.69, 9.17) is 9.26 Å². The Balaban J connectivity index is 1.88. The van der Waals surface area contributed by atoms with E-state index in [1.807, 2.05) is 6.92 Å². The first-order chi connectivity index (χ1) is 9.56. The van der Waals surface area contributed by atoms with E-state index in [1.165, 1.54) is 0 Å². The molecular weight excluding hydrogens is 256 g/mol. The summed E-state index contributed by atoms with van der Waals surface area (Å²) in [6, 6.07) is 0.494. The minimum Gasteiger partial charge on any atom is -0.370 e. The molecule has 0 amide bonds. The van der Waals surface area contributed by atoms with Gasteiger partial charge in [-0.2, -0.15) is 4.98 Å². The molecule has 0 saturated carbocycles. The second-order valence-electron chi connectivity index (χ2n) is 5.94. The minimum absolute atomic E-state index is 0.115. The van der Waals surface area contributed by atoms with E-state index in [1.54, 1.807) is 0 Å². The molecule has 1 aliphatic heterocycles. The summed E-state index contributed by atoms with van der Waals surface area (Å²) < 4.78 is 11.0. The van der Waals surface area contributed by atoms with E-state index < -0.39 is 0 Å². The molecule has 2 atom stereocenters. The van der Waals surface area contributed by atoms with Crippen LogP contribution in [0, 0.1) is 5.92 Å². The van der Waals surface area contributed by atoms with Gasteiger partial charge in [0, 0.05) is 32.3 Å². The normalized spacial score (nSPS) is 22.4. The summed E-state index contributed by atoms with van der Waals surface area (Å²) in [7, 11) is 0. The van der Waals surface area contributed by atoms with Gasteiger partial charge in [0.2, 0.25) is 5.89 Å². The van der Waals surface area contributed by atoms with Gasteiger partial charge in [-0.15, -0.1) is 0 Å². The van der Waals surface area contributed by atoms with E-state index in [9.17, 15) is 0 Å². The van der Waals surface area contributed by atoms with Crippen LogP contribution in [0.3, 0.4) is 0 Å². The van der Waals surface area contributed by atoms with Crippen molar-refractivity contribution in [2.24, 2.45) is 5.92 Å². The van der Waals surface area contributed by atoms with Crippen LogP contribution in [0.5, 0.6) is 0 Å². The van der Waals surface area contributed by atoms with E-state index in [0.29, 0.717) is 36.8 Å². The van der Waals surface area contributed by atoms with Crippen molar-refractivity contribution in [1.29, 1.82) is 0 Å². The first kappa shape index (κ1) is 15.4. The van der Waals surface area contributed by atoms with Crippen LogP contribution in [0.1, 0.15) is 45.5 Å². The summed E-state index contributed by atoms with van der Waals surface area (Å²) in [4.78, 5) is 6.81. The van der Waals surface area contributed by atoms with E-state index >= 15 is 0 Å². The highest BCUT2D eigenvalue weighted by molar-refractivity contribution is 4.91. The van der Waals surface area contributed by atoms with Crippen molar-refractivity contribution in [3.63, 3.8) is 0 Å². The Kier molecular flexibility index (Phi) is 5.51. The van der Waals surface area contributed by atoms with Crippen molar-refractivity contribution in [1.82, 2.24) is 20.4 Å². The molecule has 1 aromatic heterocycles. The highest BCUT2D eigenvalue weighted by Gasteiger charge is 2.21. The molecule has 1 aromatic rings. The lowest BCUT2D eigenvalue weighted by atomic mass is 10.2. The van der Waals surface area contributed by atoms with Gasteiger partial charge in [-0.05, 0) is 19.8 Å². The molecule has 1 unspecified atom stereocenters. The molecule has 20 heavy (non-hydrogen) atoms. The molecule has 1 saturated heterocycles. The van der Waals surface area contributed by atoms with Crippen molar-refractivity contribution in [2.75, 3.05) is 26.2 Å². The SMILES string of the molecule is CC(C)COC(C)c1noc(CN2CCNC[C@H]2C)n1. The molecule has 6 nitrogen and oxygen atoms in total. The van der Waals surface area contributed by atoms with Gasteiger partial charge >= 0.3 is 0 Å². The zero-order chi connectivity index (χ0) is 14.5. The molecule has 1 fully saturated rings. The summed E-state index contributed by atoms with van der Waals surface area (Å²) in [5.74, 6) is 1.82. The van der Waals surface area contributed by atoms with Crippen LogP contribution < -0.4 is 5.32 Å². The molecule has 1 aliphatic rings. The van der Waals surface area contributed by atoms with Gasteiger partial charge in [-0.3, -0.25) is 4.90 Å². The molecule has 1 N–H and O–H groups in total. The highest BCUT2D eigenvalue weighted by atomic mass is 16.5. The first-order valence-electron chi connectivity index (χ1n) is 7.45. The van der Waals surface area contributed by atoms with Crippen molar-refractivity contribution in [3.8, 4) is 0 Å². The number of aromatic nitrogens is 2. The number of nitrogens with zero attached hydrogens (tertiary/aromatic N) is 3. The zero-order valence-corrected chi connectivity index (χ0v) is 12.9. The van der Waals surface area contributed by atoms with Gasteiger partial charge in [-0.1, -0.05) is 19.0 Å². The molecule has 0 radical (unpaired) electrons. The van der Waals surface area contributed by atoms with Crippen LogP contribution in [0.2, 0.25) is 0 Å². The number of nitrogens with one attached hydrogen (secondary N) is 1. The lowest BCUT2D eigenvalue weighted by Gasteiger charge is -2.32. The lowest BCUT2D eigenvalue weighted by molar-refractivity contribution is 0.0402. The van der Waals surface area contributed by atoms with E-state index in [0.717, 1.165) is 19.6 Å². The molecule has 2 rings (SSSR count). The zero-order valence-electron chi connectivity index (χ0n) is 12.9. The average molecular weight is 282 g/mol. The molecule has 0 bridgehead atoms. The molecule has 0 aromatic carbocycles. The predicted octanol–water partition coefficient (Wildman–Crippen LogP) is 1.60. The second kappa shape index (κ2) is 7.15. The lowest BCUT2D eigenvalue weighted by Crippen LogP contribution is -2.49. The van der Waals surface area contributed by atoms with Crippen molar-refractivity contribution in [2.45, 2.75) is 46.4 Å². The summed E-state index contributed by atoms with van der Waals surface area (Å²) in [5, 5.41) is 7.40. The number of rotatable bonds is 6. The number of hydrogen-bond acceptors (Lipinski definition) is 6. The summed E-state index contributed by atoms with van der Waals surface area (Å²) in [6.07, 6.45) is -0.115. The summed E-state index contributed by atoms with van der Waals surface area (Å²) >= 11 is 0. The van der Waals surface area contributed by atoms with Gasteiger partial charge < -0.3 is 14.6 Å². The van der Waals surface area contributed by atoms with Gasteiger partial charge in [0.1, 0.15) is 6.10 Å². The van der Waals surface area contributed by atoms with Crippen LogP contribution in [0.25, 0.3) is 0 Å². The summed E-state index contributed by atoms with van der Waals surface area (Å²) in [5.41, 5.74) is 0. The Morgan fingerprint density at radius 2 is 2.25 bits per heavy atom. The standard InChI is InChI=1S/C14H26N4O2/c1-10(2)9-19-12(4)14-16-13(20-17-14)8-18-6-5-15-7-11(18)3/h10-12,15H,5-9H2,1-4H3/t11-,12?/m1/s1. The third kappa shape index (κ3) is 4.26. The number of ether oxygens (including phenoxy) is 1. The monoisotopic (exact) mass is 282 g/mol. The fourth-order valence-electron chi connectivity index (χ4n) is 2.20. The van der Waals surface area contributed by atoms with Gasteiger partial charge in [-0.25, -0.2) is 0 Å². The summed E-state index contributed by atoms with van der Waals surface area (Å²) in [6.45, 7) is 12.9. The maximum absolute atomic E-state index is 5.71.